The quantitative estimate of drug-likeness (QED) is 0.753. The highest BCUT2D eigenvalue weighted by Crippen LogP contribution is 2.15. The highest BCUT2D eigenvalue weighted by Gasteiger charge is 2.01. The minimum Gasteiger partial charge on any atom is -0.481 e. The van der Waals surface area contributed by atoms with Crippen molar-refractivity contribution in [2.75, 3.05) is 5.75 Å². The molecule has 0 unspecified atom stereocenters. The normalized spacial score (nSPS) is 9.75. The summed E-state index contributed by atoms with van der Waals surface area (Å²) in [6, 6.07) is 0. The van der Waals surface area contributed by atoms with Gasteiger partial charge in [-0.3, -0.25) is 9.78 Å². The first-order valence-electron chi connectivity index (χ1n) is 3.00. The molecule has 12 heavy (non-hydrogen) atoms. The van der Waals surface area contributed by atoms with Crippen LogP contribution in [0.15, 0.2) is 17.4 Å². The maximum absolute atomic E-state index is 10.2. The summed E-state index contributed by atoms with van der Waals surface area (Å²) in [5.41, 5.74) is 0. The van der Waals surface area contributed by atoms with Crippen LogP contribution in [-0.4, -0.2) is 26.8 Å². The Morgan fingerprint density at radius 2 is 2.42 bits per heavy atom. The molecule has 1 rings (SSSR count). The van der Waals surface area contributed by atoms with Crippen LogP contribution in [0.25, 0.3) is 0 Å². The molecule has 0 aliphatic carbocycles. The van der Waals surface area contributed by atoms with Crippen LogP contribution in [0.2, 0.25) is 5.15 Å². The van der Waals surface area contributed by atoms with Crippen molar-refractivity contribution >= 4 is 29.3 Å². The lowest BCUT2D eigenvalue weighted by Crippen LogP contribution is -1.98. The van der Waals surface area contributed by atoms with Crippen LogP contribution < -0.4 is 0 Å². The largest absolute Gasteiger partial charge is 0.481 e. The predicted octanol–water partition coefficient (Wildman–Crippen LogP) is 1.31. The van der Waals surface area contributed by atoms with Gasteiger partial charge in [0.2, 0.25) is 0 Å². The molecular formula is C6H5ClN2O2S. The molecular weight excluding hydrogens is 200 g/mol. The molecule has 0 radical (unpaired) electrons. The van der Waals surface area contributed by atoms with Crippen molar-refractivity contribution in [2.24, 2.45) is 0 Å². The third kappa shape index (κ3) is 3.06. The standard InChI is InChI=1S/C6H5ClN2O2S/c7-4-1-8-2-5(9-4)12-3-6(10)11/h1-2H,3H2,(H,10,11). The van der Waals surface area contributed by atoms with E-state index in [0.717, 1.165) is 11.8 Å². The summed E-state index contributed by atoms with van der Waals surface area (Å²) in [6.45, 7) is 0. The fraction of sp³-hybridized carbons (Fsp3) is 0.167. The number of carboxylic acid groups (broad SMARTS) is 1. The molecule has 0 fully saturated rings. The van der Waals surface area contributed by atoms with E-state index in [2.05, 4.69) is 9.97 Å². The minimum absolute atomic E-state index is 0.0327. The number of carbonyl (C=O) groups is 1. The number of hydrogen-bond donors (Lipinski definition) is 1. The lowest BCUT2D eigenvalue weighted by molar-refractivity contribution is -0.133. The summed E-state index contributed by atoms with van der Waals surface area (Å²) < 4.78 is 0. The number of rotatable bonds is 3. The van der Waals surface area contributed by atoms with Crippen molar-refractivity contribution in [3.05, 3.63) is 17.5 Å². The molecule has 1 aromatic rings. The summed E-state index contributed by atoms with van der Waals surface area (Å²) >= 11 is 6.61. The van der Waals surface area contributed by atoms with Gasteiger partial charge in [0.25, 0.3) is 0 Å². The van der Waals surface area contributed by atoms with Crippen LogP contribution in [0.3, 0.4) is 0 Å². The van der Waals surface area contributed by atoms with Crippen molar-refractivity contribution in [3.63, 3.8) is 0 Å². The van der Waals surface area contributed by atoms with Gasteiger partial charge in [-0.15, -0.1) is 0 Å². The third-order valence-corrected chi connectivity index (χ3v) is 1.99. The number of hydrogen-bond acceptors (Lipinski definition) is 4. The summed E-state index contributed by atoms with van der Waals surface area (Å²) in [6.07, 6.45) is 2.87. The van der Waals surface area contributed by atoms with Crippen molar-refractivity contribution in [2.45, 2.75) is 5.03 Å². The molecule has 0 saturated carbocycles. The Hall–Kier alpha value is -0.810. The topological polar surface area (TPSA) is 63.1 Å². The number of thioether (sulfide) groups is 1. The predicted molar refractivity (Wildman–Crippen MR) is 45.4 cm³/mol. The number of halogens is 1. The average Bonchev–Trinajstić information content (AvgIpc) is 2.01. The zero-order valence-corrected chi connectivity index (χ0v) is 7.47. The fourth-order valence-corrected chi connectivity index (χ4v) is 1.30. The molecule has 0 aromatic carbocycles. The highest BCUT2D eigenvalue weighted by molar-refractivity contribution is 7.99. The van der Waals surface area contributed by atoms with Crippen molar-refractivity contribution in [1.82, 2.24) is 9.97 Å². The van der Waals surface area contributed by atoms with Crippen LogP contribution in [0, 0.1) is 0 Å². The van der Waals surface area contributed by atoms with E-state index in [1.165, 1.54) is 12.4 Å². The minimum atomic E-state index is -0.887. The molecule has 0 bridgehead atoms. The molecule has 64 valence electrons. The molecule has 0 aliphatic heterocycles. The monoisotopic (exact) mass is 204 g/mol. The molecule has 1 N–H and O–H groups in total. The summed E-state index contributed by atoms with van der Waals surface area (Å²) in [7, 11) is 0. The Morgan fingerprint density at radius 1 is 1.67 bits per heavy atom. The average molecular weight is 205 g/mol. The van der Waals surface area contributed by atoms with Gasteiger partial charge >= 0.3 is 5.97 Å². The molecule has 0 amide bonds. The van der Waals surface area contributed by atoms with Crippen LogP contribution in [-0.2, 0) is 4.79 Å². The fourth-order valence-electron chi connectivity index (χ4n) is 0.531. The molecule has 0 spiro atoms. The first-order valence-corrected chi connectivity index (χ1v) is 4.37. The van der Waals surface area contributed by atoms with E-state index in [-0.39, 0.29) is 10.9 Å². The van der Waals surface area contributed by atoms with Crippen LogP contribution in [0.5, 0.6) is 0 Å². The molecule has 0 aliphatic rings. The molecule has 6 heteroatoms. The Kier molecular flexibility index (Phi) is 3.31. The van der Waals surface area contributed by atoms with E-state index in [9.17, 15) is 4.79 Å². The molecule has 1 aromatic heterocycles. The number of aromatic nitrogens is 2. The van der Waals surface area contributed by atoms with Gasteiger partial charge in [-0.2, -0.15) is 0 Å². The van der Waals surface area contributed by atoms with Crippen molar-refractivity contribution in [1.29, 1.82) is 0 Å². The van der Waals surface area contributed by atoms with E-state index >= 15 is 0 Å². The van der Waals surface area contributed by atoms with Gasteiger partial charge in [0, 0.05) is 0 Å². The van der Waals surface area contributed by atoms with E-state index in [1.807, 2.05) is 0 Å². The Morgan fingerprint density at radius 3 is 3.00 bits per heavy atom. The molecule has 1 heterocycles. The Labute approximate surface area is 78.0 Å². The zero-order chi connectivity index (χ0) is 8.97. The van der Waals surface area contributed by atoms with Gasteiger partial charge in [-0.1, -0.05) is 23.4 Å². The van der Waals surface area contributed by atoms with Gasteiger partial charge in [0.05, 0.1) is 18.1 Å². The van der Waals surface area contributed by atoms with Crippen LogP contribution >= 0.6 is 23.4 Å². The lowest BCUT2D eigenvalue weighted by atomic mass is 10.8. The van der Waals surface area contributed by atoms with E-state index in [0.29, 0.717) is 5.03 Å². The molecule has 0 atom stereocenters. The smallest absolute Gasteiger partial charge is 0.313 e. The van der Waals surface area contributed by atoms with Gasteiger partial charge in [-0.05, 0) is 0 Å². The Bertz CT molecular complexity index is 295. The van der Waals surface area contributed by atoms with E-state index < -0.39 is 5.97 Å². The van der Waals surface area contributed by atoms with Gasteiger partial charge < -0.3 is 5.11 Å². The van der Waals surface area contributed by atoms with Crippen molar-refractivity contribution in [3.8, 4) is 0 Å². The second-order valence-electron chi connectivity index (χ2n) is 1.86. The highest BCUT2D eigenvalue weighted by atomic mass is 35.5. The maximum atomic E-state index is 10.2. The van der Waals surface area contributed by atoms with Crippen LogP contribution in [0.4, 0.5) is 0 Å². The van der Waals surface area contributed by atoms with Crippen LogP contribution in [0.1, 0.15) is 0 Å². The van der Waals surface area contributed by atoms with Gasteiger partial charge in [0.15, 0.2) is 0 Å². The zero-order valence-electron chi connectivity index (χ0n) is 5.90. The van der Waals surface area contributed by atoms with E-state index in [1.54, 1.807) is 0 Å². The SMILES string of the molecule is O=C(O)CSc1cncc(Cl)n1. The first-order chi connectivity index (χ1) is 5.68. The third-order valence-electron chi connectivity index (χ3n) is 0.927. The Balaban J connectivity index is 2.57. The first kappa shape index (κ1) is 9.28. The summed E-state index contributed by atoms with van der Waals surface area (Å²) in [5, 5.41) is 9.13. The maximum Gasteiger partial charge on any atom is 0.313 e. The summed E-state index contributed by atoms with van der Waals surface area (Å²) in [4.78, 5) is 17.8. The summed E-state index contributed by atoms with van der Waals surface area (Å²) in [5.74, 6) is -0.920. The number of carboxylic acids is 1. The van der Waals surface area contributed by atoms with Crippen molar-refractivity contribution < 1.29 is 9.90 Å². The number of nitrogens with zero attached hydrogens (tertiary/aromatic N) is 2. The second-order valence-corrected chi connectivity index (χ2v) is 3.25. The molecule has 4 nitrogen and oxygen atoms in total. The lowest BCUT2D eigenvalue weighted by Gasteiger charge is -1.95. The van der Waals surface area contributed by atoms with Gasteiger partial charge in [-0.25, -0.2) is 4.98 Å². The van der Waals surface area contributed by atoms with E-state index in [4.69, 9.17) is 16.7 Å². The number of aliphatic carboxylic acids is 1. The molecule has 0 saturated heterocycles. The van der Waals surface area contributed by atoms with Gasteiger partial charge in [0.1, 0.15) is 10.2 Å². The second kappa shape index (κ2) is 4.27.